The van der Waals surface area contributed by atoms with E-state index in [2.05, 4.69) is 11.6 Å². The molecule has 0 radical (unpaired) electrons. The second-order valence-electron chi connectivity index (χ2n) is 3.16. The minimum Gasteiger partial charge on any atom is -0.506 e. The number of nitrogens with two attached hydrogens (primary N) is 1. The Labute approximate surface area is 99.6 Å². The maximum absolute atomic E-state index is 9.48. The molecule has 3 N–H and O–H groups in total. The van der Waals surface area contributed by atoms with E-state index in [9.17, 15) is 5.11 Å². The molecule has 1 aromatic rings. The summed E-state index contributed by atoms with van der Waals surface area (Å²) >= 11 is 5.72. The van der Waals surface area contributed by atoms with Gasteiger partial charge in [-0.25, -0.2) is 4.99 Å². The molecular weight excluding hydrogens is 224 g/mol. The topological polar surface area (TPSA) is 58.6 Å². The summed E-state index contributed by atoms with van der Waals surface area (Å²) in [4.78, 5) is 3.90. The number of rotatable bonds is 3. The van der Waals surface area contributed by atoms with E-state index >= 15 is 0 Å². The molecule has 84 valence electrons. The predicted octanol–water partition coefficient (Wildman–Crippen LogP) is 2.95. The molecule has 4 heteroatoms. The van der Waals surface area contributed by atoms with Crippen molar-refractivity contribution in [1.29, 1.82) is 0 Å². The molecule has 0 aliphatic rings. The van der Waals surface area contributed by atoms with Crippen LogP contribution in [0.2, 0.25) is 5.02 Å². The number of phenols is 1. The van der Waals surface area contributed by atoms with Crippen LogP contribution < -0.4 is 5.73 Å². The fourth-order valence-electron chi connectivity index (χ4n) is 1.16. The molecule has 0 fully saturated rings. The largest absolute Gasteiger partial charge is 0.506 e. The van der Waals surface area contributed by atoms with Crippen molar-refractivity contribution in [3.05, 3.63) is 47.3 Å². The molecule has 0 spiro atoms. The average molecular weight is 237 g/mol. The number of hydrogen-bond donors (Lipinski definition) is 2. The Hall–Kier alpha value is -1.74. The molecule has 1 aromatic carbocycles. The zero-order valence-corrected chi connectivity index (χ0v) is 9.70. The molecule has 0 amide bonds. The van der Waals surface area contributed by atoms with Gasteiger partial charge in [0.1, 0.15) is 11.6 Å². The number of aliphatic imine (C=N–C) groups is 1. The highest BCUT2D eigenvalue weighted by molar-refractivity contribution is 6.32. The summed E-state index contributed by atoms with van der Waals surface area (Å²) in [6.07, 6.45) is 3.44. The van der Waals surface area contributed by atoms with Gasteiger partial charge in [0, 0.05) is 6.21 Å². The van der Waals surface area contributed by atoms with Gasteiger partial charge in [-0.05, 0) is 30.2 Å². The first kappa shape index (κ1) is 12.3. The van der Waals surface area contributed by atoms with Crippen molar-refractivity contribution in [1.82, 2.24) is 0 Å². The van der Waals surface area contributed by atoms with Gasteiger partial charge in [-0.1, -0.05) is 30.3 Å². The van der Waals surface area contributed by atoms with Crippen LogP contribution in [0.1, 0.15) is 12.5 Å². The number of nitrogens with zero attached hydrogens (tertiary/aromatic N) is 1. The lowest BCUT2D eigenvalue weighted by Gasteiger charge is -2.03. The lowest BCUT2D eigenvalue weighted by molar-refractivity contribution is 0.475. The Balaban J connectivity index is 3.06. The summed E-state index contributed by atoms with van der Waals surface area (Å²) in [7, 11) is 0. The molecule has 0 aromatic heterocycles. The Morgan fingerprint density at radius 1 is 1.56 bits per heavy atom. The number of hydrogen-bond acceptors (Lipinski definition) is 3. The Morgan fingerprint density at radius 3 is 2.75 bits per heavy atom. The van der Waals surface area contributed by atoms with Gasteiger partial charge in [0.05, 0.1) is 5.02 Å². The summed E-state index contributed by atoms with van der Waals surface area (Å²) in [5.74, 6) is 0.274. The summed E-state index contributed by atoms with van der Waals surface area (Å²) in [5, 5.41) is 9.79. The van der Waals surface area contributed by atoms with E-state index in [0.717, 1.165) is 11.1 Å². The molecule has 0 saturated carbocycles. The van der Waals surface area contributed by atoms with Gasteiger partial charge in [0.2, 0.25) is 0 Å². The van der Waals surface area contributed by atoms with Crippen LogP contribution in [0.3, 0.4) is 0 Å². The molecule has 1 rings (SSSR count). The zero-order chi connectivity index (χ0) is 12.1. The predicted molar refractivity (Wildman–Crippen MR) is 68.6 cm³/mol. The van der Waals surface area contributed by atoms with E-state index in [4.69, 9.17) is 17.3 Å². The molecule has 3 nitrogen and oxygen atoms in total. The minimum atomic E-state index is 0.0403. The van der Waals surface area contributed by atoms with Crippen LogP contribution in [0.15, 0.2) is 41.7 Å². The lowest BCUT2D eigenvalue weighted by atomic mass is 10.1. The van der Waals surface area contributed by atoms with Crippen molar-refractivity contribution < 1.29 is 5.11 Å². The Bertz CT molecular complexity index is 464. The van der Waals surface area contributed by atoms with Crippen LogP contribution >= 0.6 is 11.6 Å². The number of benzene rings is 1. The first-order chi connectivity index (χ1) is 7.54. The van der Waals surface area contributed by atoms with Crippen LogP contribution in [0.5, 0.6) is 5.75 Å². The lowest BCUT2D eigenvalue weighted by Crippen LogP contribution is -1.92. The van der Waals surface area contributed by atoms with E-state index in [-0.39, 0.29) is 11.6 Å². The molecule has 0 unspecified atom stereocenters. The summed E-state index contributed by atoms with van der Waals surface area (Å²) in [5.41, 5.74) is 6.98. The molecule has 16 heavy (non-hydrogen) atoms. The van der Waals surface area contributed by atoms with Gasteiger partial charge in [-0.3, -0.25) is 0 Å². The van der Waals surface area contributed by atoms with E-state index < -0.39 is 0 Å². The van der Waals surface area contributed by atoms with Crippen molar-refractivity contribution in [2.24, 2.45) is 10.7 Å². The van der Waals surface area contributed by atoms with Crippen LogP contribution in [0.25, 0.3) is 5.57 Å². The SMILES string of the molecule is C=C(N)/N=C\C(=C/C)c1ccc(Cl)c(O)c1. The zero-order valence-electron chi connectivity index (χ0n) is 8.94. The van der Waals surface area contributed by atoms with Gasteiger partial charge in [0.25, 0.3) is 0 Å². The third-order valence-electron chi connectivity index (χ3n) is 1.96. The Kier molecular flexibility index (Phi) is 4.14. The second kappa shape index (κ2) is 5.37. The van der Waals surface area contributed by atoms with E-state index in [1.807, 2.05) is 13.0 Å². The standard InChI is InChI=1S/C12H13ClN2O/c1-3-9(7-15-8(2)14)10-4-5-11(13)12(16)6-10/h3-7,16H,2,14H2,1H3/b9-3+,15-7-. The van der Waals surface area contributed by atoms with Crippen LogP contribution in [0.4, 0.5) is 0 Å². The van der Waals surface area contributed by atoms with Gasteiger partial charge < -0.3 is 10.8 Å². The highest BCUT2D eigenvalue weighted by Crippen LogP contribution is 2.26. The molecule has 0 heterocycles. The van der Waals surface area contributed by atoms with E-state index in [1.165, 1.54) is 0 Å². The first-order valence-corrected chi connectivity index (χ1v) is 5.06. The quantitative estimate of drug-likeness (QED) is 0.793. The van der Waals surface area contributed by atoms with Crippen LogP contribution in [-0.2, 0) is 0 Å². The third-order valence-corrected chi connectivity index (χ3v) is 2.28. The molecule has 0 atom stereocenters. The average Bonchev–Trinajstić information content (AvgIpc) is 2.23. The second-order valence-corrected chi connectivity index (χ2v) is 3.57. The van der Waals surface area contributed by atoms with E-state index in [0.29, 0.717) is 5.02 Å². The summed E-state index contributed by atoms with van der Waals surface area (Å²) in [6, 6.07) is 4.99. The third kappa shape index (κ3) is 3.14. The van der Waals surface area contributed by atoms with Crippen molar-refractivity contribution >= 4 is 23.4 Å². The normalized spacial score (nSPS) is 12.0. The van der Waals surface area contributed by atoms with Crippen molar-refractivity contribution in [2.75, 3.05) is 0 Å². The highest BCUT2D eigenvalue weighted by Gasteiger charge is 2.02. The van der Waals surface area contributed by atoms with E-state index in [1.54, 1.807) is 24.4 Å². The van der Waals surface area contributed by atoms with Gasteiger partial charge in [0.15, 0.2) is 0 Å². The summed E-state index contributed by atoms with van der Waals surface area (Å²) in [6.45, 7) is 5.34. The van der Waals surface area contributed by atoms with Gasteiger partial charge >= 0.3 is 0 Å². The van der Waals surface area contributed by atoms with Crippen molar-refractivity contribution in [3.63, 3.8) is 0 Å². The number of aromatic hydroxyl groups is 1. The molecular formula is C12H13ClN2O. The number of halogens is 1. The smallest absolute Gasteiger partial charge is 0.134 e. The van der Waals surface area contributed by atoms with Crippen molar-refractivity contribution in [2.45, 2.75) is 6.92 Å². The van der Waals surface area contributed by atoms with Crippen molar-refractivity contribution in [3.8, 4) is 5.75 Å². The van der Waals surface area contributed by atoms with Crippen LogP contribution in [-0.4, -0.2) is 11.3 Å². The van der Waals surface area contributed by atoms with Gasteiger partial charge in [-0.15, -0.1) is 0 Å². The monoisotopic (exact) mass is 236 g/mol. The Morgan fingerprint density at radius 2 is 2.25 bits per heavy atom. The van der Waals surface area contributed by atoms with Crippen LogP contribution in [0, 0.1) is 0 Å². The first-order valence-electron chi connectivity index (χ1n) is 4.68. The maximum atomic E-state index is 9.48. The molecule has 0 bridgehead atoms. The maximum Gasteiger partial charge on any atom is 0.134 e. The summed E-state index contributed by atoms with van der Waals surface area (Å²) < 4.78 is 0. The fraction of sp³-hybridized carbons (Fsp3) is 0.0833. The minimum absolute atomic E-state index is 0.0403. The molecule has 0 aliphatic carbocycles. The number of phenolic OH excluding ortho intramolecular Hbond substituents is 1. The molecule has 0 saturated heterocycles. The number of allylic oxidation sites excluding steroid dienone is 2. The fourth-order valence-corrected chi connectivity index (χ4v) is 1.28. The van der Waals surface area contributed by atoms with Gasteiger partial charge in [-0.2, -0.15) is 0 Å². The highest BCUT2D eigenvalue weighted by atomic mass is 35.5. The molecule has 0 aliphatic heterocycles.